The number of likely N-dealkylation sites (tertiary alicyclic amines) is 1. The lowest BCUT2D eigenvalue weighted by atomic mass is 9.96. The van der Waals surface area contributed by atoms with Gasteiger partial charge in [-0.05, 0) is 64.3 Å². The van der Waals surface area contributed by atoms with Crippen LogP contribution in [0, 0.1) is 0 Å². The normalized spacial score (nSPS) is 25.8. The van der Waals surface area contributed by atoms with Crippen LogP contribution < -0.4 is 14.5 Å². The maximum absolute atomic E-state index is 13.1. The van der Waals surface area contributed by atoms with E-state index < -0.39 is 0 Å². The fourth-order valence-electron chi connectivity index (χ4n) is 4.53. The summed E-state index contributed by atoms with van der Waals surface area (Å²) in [4.78, 5) is 19.1. The number of benzene rings is 1. The molecule has 2 fully saturated rings. The highest BCUT2D eigenvalue weighted by Crippen LogP contribution is 2.23. The third kappa shape index (κ3) is 3.98. The molecule has 0 aromatic heterocycles. The number of methoxy groups -OCH3 is 1. The van der Waals surface area contributed by atoms with E-state index in [-0.39, 0.29) is 6.04 Å². The molecule has 0 unspecified atom stereocenters. The number of piperidine rings is 1. The second kappa shape index (κ2) is 8.30. The first-order valence-corrected chi connectivity index (χ1v) is 10.1. The van der Waals surface area contributed by atoms with Crippen molar-refractivity contribution in [3.8, 4) is 5.75 Å². The van der Waals surface area contributed by atoms with Gasteiger partial charge >= 0.3 is 0 Å². The van der Waals surface area contributed by atoms with Crippen LogP contribution in [0.2, 0.25) is 0 Å². The van der Waals surface area contributed by atoms with Crippen LogP contribution >= 0.6 is 0 Å². The topological polar surface area (TPSA) is 37.2 Å². The van der Waals surface area contributed by atoms with Gasteiger partial charge < -0.3 is 19.4 Å². The molecule has 144 valence electrons. The van der Waals surface area contributed by atoms with Crippen molar-refractivity contribution < 1.29 is 14.4 Å². The van der Waals surface area contributed by atoms with Gasteiger partial charge in [0.25, 0.3) is 5.91 Å². The third-order valence-corrected chi connectivity index (χ3v) is 6.27. The first-order chi connectivity index (χ1) is 12.5. The minimum Gasteiger partial charge on any atom is -0.497 e. The first kappa shape index (κ1) is 19.0. The molecule has 0 saturated carbocycles. The lowest BCUT2D eigenvalue weighted by molar-refractivity contribution is -0.915. The zero-order valence-corrected chi connectivity index (χ0v) is 16.7. The number of carbonyl (C=O) groups is 1. The number of anilines is 1. The minimum atomic E-state index is 0.0519. The average molecular weight is 361 g/mol. The Kier molecular flexibility index (Phi) is 6.07. The largest absolute Gasteiger partial charge is 0.497 e. The molecule has 3 atom stereocenters. The van der Waals surface area contributed by atoms with Crippen molar-refractivity contribution >= 4 is 11.6 Å². The highest BCUT2D eigenvalue weighted by Gasteiger charge is 2.37. The fraction of sp³-hybridized carbons (Fsp3) is 0.667. The number of hydrogen-bond acceptors (Lipinski definition) is 3. The summed E-state index contributed by atoms with van der Waals surface area (Å²) in [6.45, 7) is 10.5. The fourth-order valence-corrected chi connectivity index (χ4v) is 4.53. The summed E-state index contributed by atoms with van der Waals surface area (Å²) in [5.41, 5.74) is 1.24. The molecule has 5 heteroatoms. The number of nitrogens with one attached hydrogen (secondary N) is 1. The molecule has 5 nitrogen and oxygen atoms in total. The minimum absolute atomic E-state index is 0.0519. The van der Waals surface area contributed by atoms with Crippen LogP contribution in [0.4, 0.5) is 5.69 Å². The molecule has 1 aromatic rings. The van der Waals surface area contributed by atoms with E-state index in [1.165, 1.54) is 17.0 Å². The molecule has 2 aliphatic rings. The monoisotopic (exact) mass is 360 g/mol. The second-order valence-corrected chi connectivity index (χ2v) is 7.94. The Labute approximate surface area is 157 Å². The maximum atomic E-state index is 13.1. The van der Waals surface area contributed by atoms with Gasteiger partial charge in [-0.2, -0.15) is 0 Å². The van der Waals surface area contributed by atoms with E-state index in [2.05, 4.69) is 42.7 Å². The summed E-state index contributed by atoms with van der Waals surface area (Å²) in [6, 6.07) is 9.09. The van der Waals surface area contributed by atoms with Crippen molar-refractivity contribution in [1.82, 2.24) is 4.90 Å². The van der Waals surface area contributed by atoms with Gasteiger partial charge in [-0.3, -0.25) is 4.79 Å². The number of rotatable bonds is 4. The smallest absolute Gasteiger partial charge is 0.281 e. The predicted octanol–water partition coefficient (Wildman–Crippen LogP) is 1.58. The molecular formula is C21H34N3O2+. The Bertz CT molecular complexity index is 586. The average Bonchev–Trinajstić information content (AvgIpc) is 2.67. The van der Waals surface area contributed by atoms with E-state index in [1.54, 1.807) is 7.11 Å². The van der Waals surface area contributed by atoms with Gasteiger partial charge in [0.2, 0.25) is 0 Å². The molecule has 1 N–H and O–H groups in total. The Balaban J connectivity index is 1.57. The lowest BCUT2D eigenvalue weighted by Gasteiger charge is -2.42. The van der Waals surface area contributed by atoms with Crippen LogP contribution in [0.1, 0.15) is 40.0 Å². The molecule has 0 radical (unpaired) electrons. The Morgan fingerprint density at radius 2 is 1.69 bits per heavy atom. The summed E-state index contributed by atoms with van der Waals surface area (Å²) in [6.07, 6.45) is 3.53. The van der Waals surface area contributed by atoms with Crippen LogP contribution in [0.3, 0.4) is 0 Å². The molecule has 0 bridgehead atoms. The maximum Gasteiger partial charge on any atom is 0.281 e. The molecular weight excluding hydrogens is 326 g/mol. The molecule has 2 saturated heterocycles. The SMILES string of the molecule is COc1ccc(N2CC[NH+]([C@H](C)C(=O)N3[C@H](C)CCC[C@@H]3C)CC2)cc1. The standard InChI is InChI=1S/C21H33N3O2/c1-16-6-5-7-17(2)24(16)21(25)18(3)22-12-14-23(15-13-22)19-8-10-20(26-4)11-9-19/h8-11,16-18H,5-7,12-15H2,1-4H3/p+1/t16-,17+,18-/m1/s1. The Hall–Kier alpha value is -1.75. The van der Waals surface area contributed by atoms with Crippen LogP contribution in [0.5, 0.6) is 5.75 Å². The van der Waals surface area contributed by atoms with Gasteiger partial charge in [0.15, 0.2) is 6.04 Å². The number of piperazine rings is 1. The molecule has 2 heterocycles. The summed E-state index contributed by atoms with van der Waals surface area (Å²) in [5.74, 6) is 1.24. The van der Waals surface area contributed by atoms with Crippen molar-refractivity contribution in [2.75, 3.05) is 38.2 Å². The van der Waals surface area contributed by atoms with Gasteiger partial charge in [0.1, 0.15) is 5.75 Å². The van der Waals surface area contributed by atoms with E-state index >= 15 is 0 Å². The molecule has 3 rings (SSSR count). The van der Waals surface area contributed by atoms with Crippen molar-refractivity contribution in [1.29, 1.82) is 0 Å². The molecule has 1 aromatic carbocycles. The van der Waals surface area contributed by atoms with E-state index in [0.29, 0.717) is 18.0 Å². The summed E-state index contributed by atoms with van der Waals surface area (Å²) >= 11 is 0. The van der Waals surface area contributed by atoms with Crippen LogP contribution in [0.15, 0.2) is 24.3 Å². The van der Waals surface area contributed by atoms with Crippen LogP contribution in [-0.4, -0.2) is 62.2 Å². The molecule has 0 aliphatic carbocycles. The van der Waals surface area contributed by atoms with E-state index in [4.69, 9.17) is 4.74 Å². The molecule has 0 spiro atoms. The number of amides is 1. The number of ether oxygens (including phenoxy) is 1. The lowest BCUT2D eigenvalue weighted by Crippen LogP contribution is -3.19. The first-order valence-electron chi connectivity index (χ1n) is 10.1. The van der Waals surface area contributed by atoms with E-state index in [1.807, 2.05) is 12.1 Å². The van der Waals surface area contributed by atoms with Gasteiger partial charge in [-0.25, -0.2) is 0 Å². The van der Waals surface area contributed by atoms with Crippen molar-refractivity contribution in [3.63, 3.8) is 0 Å². The second-order valence-electron chi connectivity index (χ2n) is 7.94. The van der Waals surface area contributed by atoms with E-state index in [9.17, 15) is 4.79 Å². The van der Waals surface area contributed by atoms with Crippen molar-refractivity contribution in [2.45, 2.75) is 58.2 Å². The summed E-state index contributed by atoms with van der Waals surface area (Å²) in [5, 5.41) is 0. The molecule has 1 amide bonds. The number of hydrogen-bond donors (Lipinski definition) is 1. The third-order valence-electron chi connectivity index (χ3n) is 6.27. The quantitative estimate of drug-likeness (QED) is 0.886. The predicted molar refractivity (Wildman–Crippen MR) is 105 cm³/mol. The number of quaternary nitrogens is 1. The Morgan fingerprint density at radius 3 is 2.23 bits per heavy atom. The van der Waals surface area contributed by atoms with Gasteiger partial charge in [-0.1, -0.05) is 0 Å². The molecule has 2 aliphatic heterocycles. The highest BCUT2D eigenvalue weighted by atomic mass is 16.5. The summed E-state index contributed by atoms with van der Waals surface area (Å²) in [7, 11) is 1.69. The van der Waals surface area contributed by atoms with Crippen LogP contribution in [-0.2, 0) is 4.79 Å². The van der Waals surface area contributed by atoms with Gasteiger partial charge in [0, 0.05) is 17.8 Å². The van der Waals surface area contributed by atoms with Crippen LogP contribution in [0.25, 0.3) is 0 Å². The zero-order chi connectivity index (χ0) is 18.7. The van der Waals surface area contributed by atoms with Crippen molar-refractivity contribution in [2.24, 2.45) is 0 Å². The van der Waals surface area contributed by atoms with Gasteiger partial charge in [-0.15, -0.1) is 0 Å². The zero-order valence-electron chi connectivity index (χ0n) is 16.7. The number of carbonyl (C=O) groups excluding carboxylic acids is 1. The Morgan fingerprint density at radius 1 is 1.12 bits per heavy atom. The summed E-state index contributed by atoms with van der Waals surface area (Å²) < 4.78 is 5.24. The highest BCUT2D eigenvalue weighted by molar-refractivity contribution is 5.80. The number of nitrogens with zero attached hydrogens (tertiary/aromatic N) is 2. The van der Waals surface area contributed by atoms with Crippen molar-refractivity contribution in [3.05, 3.63) is 24.3 Å². The van der Waals surface area contributed by atoms with E-state index in [0.717, 1.165) is 44.8 Å². The molecule has 26 heavy (non-hydrogen) atoms. The van der Waals surface area contributed by atoms with Gasteiger partial charge in [0.05, 0.1) is 33.3 Å².